The van der Waals surface area contributed by atoms with Gasteiger partial charge in [-0.1, -0.05) is 12.1 Å². The van der Waals surface area contributed by atoms with Crippen molar-refractivity contribution in [2.75, 3.05) is 4.90 Å². The molecule has 1 atom stereocenters. The number of amides is 2. The molecule has 0 saturated heterocycles. The number of carbonyl (C=O) groups excluding carboxylic acids is 2. The summed E-state index contributed by atoms with van der Waals surface area (Å²) in [5, 5.41) is 0. The lowest BCUT2D eigenvalue weighted by atomic mass is 10.1. The Morgan fingerprint density at radius 3 is 2.38 bits per heavy atom. The summed E-state index contributed by atoms with van der Waals surface area (Å²) in [5.41, 5.74) is 2.58. The van der Waals surface area contributed by atoms with E-state index in [1.807, 2.05) is 19.1 Å². The lowest BCUT2D eigenvalue weighted by Gasteiger charge is -2.14. The van der Waals surface area contributed by atoms with Crippen LogP contribution >= 0.6 is 0 Å². The molecule has 4 rings (SSSR count). The van der Waals surface area contributed by atoms with Crippen LogP contribution in [0, 0.1) is 0 Å². The van der Waals surface area contributed by atoms with E-state index in [0.29, 0.717) is 16.8 Å². The second-order valence-electron chi connectivity index (χ2n) is 5.42. The van der Waals surface area contributed by atoms with E-state index in [0.717, 1.165) is 17.7 Å². The maximum absolute atomic E-state index is 12.4. The topological polar surface area (TPSA) is 46.6 Å². The van der Waals surface area contributed by atoms with Gasteiger partial charge in [0, 0.05) is 6.42 Å². The molecule has 0 spiro atoms. The molecule has 1 unspecified atom stereocenters. The van der Waals surface area contributed by atoms with E-state index in [1.165, 1.54) is 4.90 Å². The molecule has 0 aromatic heterocycles. The summed E-state index contributed by atoms with van der Waals surface area (Å²) in [4.78, 5) is 26.1. The highest BCUT2D eigenvalue weighted by Gasteiger charge is 2.36. The molecule has 2 aliphatic rings. The molecule has 2 amide bonds. The average molecular weight is 279 g/mol. The van der Waals surface area contributed by atoms with Gasteiger partial charge >= 0.3 is 0 Å². The van der Waals surface area contributed by atoms with E-state index >= 15 is 0 Å². The Morgan fingerprint density at radius 2 is 1.71 bits per heavy atom. The fraction of sp³-hybridized carbons (Fsp3) is 0.176. The quantitative estimate of drug-likeness (QED) is 0.754. The van der Waals surface area contributed by atoms with Crippen LogP contribution in [-0.2, 0) is 6.42 Å². The number of hydrogen-bond donors (Lipinski definition) is 0. The minimum atomic E-state index is -0.262. The van der Waals surface area contributed by atoms with Gasteiger partial charge in [-0.15, -0.1) is 0 Å². The number of fused-ring (bicyclic) bond motifs is 2. The van der Waals surface area contributed by atoms with Gasteiger partial charge in [0.2, 0.25) is 0 Å². The van der Waals surface area contributed by atoms with E-state index in [4.69, 9.17) is 4.74 Å². The summed E-state index contributed by atoms with van der Waals surface area (Å²) in [5.74, 6) is 0.313. The molecule has 2 aromatic carbocycles. The van der Waals surface area contributed by atoms with E-state index in [-0.39, 0.29) is 17.9 Å². The third-order valence-electron chi connectivity index (χ3n) is 3.93. The highest BCUT2D eigenvalue weighted by atomic mass is 16.5. The van der Waals surface area contributed by atoms with E-state index in [2.05, 4.69) is 0 Å². The van der Waals surface area contributed by atoms with Gasteiger partial charge in [0.1, 0.15) is 11.9 Å². The minimum Gasteiger partial charge on any atom is -0.490 e. The molecule has 0 N–H and O–H groups in total. The number of nitrogens with zero attached hydrogens (tertiary/aromatic N) is 1. The first kappa shape index (κ1) is 12.1. The van der Waals surface area contributed by atoms with E-state index in [1.54, 1.807) is 30.3 Å². The predicted molar refractivity (Wildman–Crippen MR) is 77.8 cm³/mol. The van der Waals surface area contributed by atoms with Crippen molar-refractivity contribution >= 4 is 17.5 Å². The molecular formula is C17H13NO3. The molecule has 0 fully saturated rings. The van der Waals surface area contributed by atoms with Crippen molar-refractivity contribution in [2.24, 2.45) is 0 Å². The zero-order valence-electron chi connectivity index (χ0n) is 11.5. The summed E-state index contributed by atoms with van der Waals surface area (Å²) in [6.07, 6.45) is 0.934. The van der Waals surface area contributed by atoms with Crippen molar-refractivity contribution in [1.82, 2.24) is 0 Å². The molecular weight excluding hydrogens is 266 g/mol. The Morgan fingerprint density at radius 1 is 1.05 bits per heavy atom. The minimum absolute atomic E-state index is 0.137. The first-order valence-electron chi connectivity index (χ1n) is 6.92. The van der Waals surface area contributed by atoms with Crippen molar-refractivity contribution in [3.8, 4) is 5.75 Å². The molecule has 0 radical (unpaired) electrons. The van der Waals surface area contributed by atoms with Gasteiger partial charge in [0.05, 0.1) is 16.8 Å². The molecule has 4 heteroatoms. The number of anilines is 1. The lowest BCUT2D eigenvalue weighted by molar-refractivity contribution is 0.0926. The monoisotopic (exact) mass is 279 g/mol. The van der Waals surface area contributed by atoms with Crippen LogP contribution in [0.25, 0.3) is 0 Å². The van der Waals surface area contributed by atoms with Crippen LogP contribution in [0.4, 0.5) is 5.69 Å². The second kappa shape index (κ2) is 4.19. The van der Waals surface area contributed by atoms with Gasteiger partial charge < -0.3 is 4.74 Å². The Hall–Kier alpha value is -2.62. The molecule has 0 aliphatic carbocycles. The van der Waals surface area contributed by atoms with Crippen molar-refractivity contribution in [3.05, 3.63) is 59.2 Å². The van der Waals surface area contributed by atoms with Crippen LogP contribution in [0.3, 0.4) is 0 Å². The zero-order chi connectivity index (χ0) is 14.6. The molecule has 2 aromatic rings. The molecule has 2 aliphatic heterocycles. The molecule has 2 heterocycles. The molecule has 21 heavy (non-hydrogen) atoms. The molecule has 104 valence electrons. The standard InChI is InChI=1S/C17H13NO3/c1-10-8-11-9-12(6-7-15(11)21-10)18-16(19)13-4-2-3-5-14(13)17(18)20/h2-7,9-10H,8H2,1H3. The molecule has 0 saturated carbocycles. The fourth-order valence-electron chi connectivity index (χ4n) is 2.97. The first-order chi connectivity index (χ1) is 10.1. The largest absolute Gasteiger partial charge is 0.490 e. The third-order valence-corrected chi connectivity index (χ3v) is 3.93. The van der Waals surface area contributed by atoms with Crippen LogP contribution in [0.15, 0.2) is 42.5 Å². The van der Waals surface area contributed by atoms with Crippen molar-refractivity contribution in [2.45, 2.75) is 19.4 Å². The van der Waals surface area contributed by atoms with Crippen molar-refractivity contribution < 1.29 is 14.3 Å². The third kappa shape index (κ3) is 1.69. The van der Waals surface area contributed by atoms with Gasteiger partial charge in [-0.25, -0.2) is 4.90 Å². The Bertz CT molecular complexity index is 746. The van der Waals surface area contributed by atoms with E-state index < -0.39 is 0 Å². The average Bonchev–Trinajstić information content (AvgIpc) is 2.97. The second-order valence-corrected chi connectivity index (χ2v) is 5.42. The maximum Gasteiger partial charge on any atom is 0.266 e. The highest BCUT2D eigenvalue weighted by Crippen LogP contribution is 2.35. The summed E-state index contributed by atoms with van der Waals surface area (Å²) in [6.45, 7) is 2.00. The lowest BCUT2D eigenvalue weighted by Crippen LogP contribution is -2.29. The molecule has 4 nitrogen and oxygen atoms in total. The van der Waals surface area contributed by atoms with Gasteiger partial charge in [-0.3, -0.25) is 9.59 Å². The number of rotatable bonds is 1. The number of carbonyl (C=O) groups is 2. The zero-order valence-corrected chi connectivity index (χ0v) is 11.5. The smallest absolute Gasteiger partial charge is 0.266 e. The van der Waals surface area contributed by atoms with Gasteiger partial charge in [0.15, 0.2) is 0 Å². The SMILES string of the molecule is CC1Cc2cc(N3C(=O)c4ccccc4C3=O)ccc2O1. The van der Waals surface area contributed by atoms with Crippen LogP contribution in [0.1, 0.15) is 33.2 Å². The van der Waals surface area contributed by atoms with Gasteiger partial charge in [-0.2, -0.15) is 0 Å². The van der Waals surface area contributed by atoms with Gasteiger partial charge in [-0.05, 0) is 42.8 Å². The number of benzene rings is 2. The first-order valence-corrected chi connectivity index (χ1v) is 6.92. The van der Waals surface area contributed by atoms with Crippen LogP contribution < -0.4 is 9.64 Å². The summed E-state index contributed by atoms with van der Waals surface area (Å²) >= 11 is 0. The molecule has 0 bridgehead atoms. The van der Waals surface area contributed by atoms with Crippen molar-refractivity contribution in [3.63, 3.8) is 0 Å². The normalized spacial score (nSPS) is 19.5. The Balaban J connectivity index is 1.78. The number of ether oxygens (including phenoxy) is 1. The maximum atomic E-state index is 12.4. The Kier molecular flexibility index (Phi) is 2.42. The summed E-state index contributed by atoms with van der Waals surface area (Å²) in [7, 11) is 0. The fourth-order valence-corrected chi connectivity index (χ4v) is 2.97. The predicted octanol–water partition coefficient (Wildman–Crippen LogP) is 2.81. The van der Waals surface area contributed by atoms with E-state index in [9.17, 15) is 9.59 Å². The highest BCUT2D eigenvalue weighted by molar-refractivity contribution is 6.34. The number of imide groups is 1. The van der Waals surface area contributed by atoms with Crippen LogP contribution in [0.2, 0.25) is 0 Å². The summed E-state index contributed by atoms with van der Waals surface area (Å²) in [6, 6.07) is 12.4. The van der Waals surface area contributed by atoms with Crippen LogP contribution in [0.5, 0.6) is 5.75 Å². The number of hydrogen-bond acceptors (Lipinski definition) is 3. The van der Waals surface area contributed by atoms with Crippen LogP contribution in [-0.4, -0.2) is 17.9 Å². The van der Waals surface area contributed by atoms with Crippen molar-refractivity contribution in [1.29, 1.82) is 0 Å². The Labute approximate surface area is 121 Å². The summed E-state index contributed by atoms with van der Waals surface area (Å²) < 4.78 is 5.65. The van der Waals surface area contributed by atoms with Gasteiger partial charge in [0.25, 0.3) is 11.8 Å².